The summed E-state index contributed by atoms with van der Waals surface area (Å²) in [7, 11) is 0. The van der Waals surface area contributed by atoms with E-state index in [-0.39, 0.29) is 17.9 Å². The molecular formula is C18H21NO3. The summed E-state index contributed by atoms with van der Waals surface area (Å²) in [6.07, 6.45) is 3.00. The Kier molecular flexibility index (Phi) is 4.29. The van der Waals surface area contributed by atoms with E-state index in [0.717, 1.165) is 29.9 Å². The van der Waals surface area contributed by atoms with Crippen molar-refractivity contribution in [3.8, 4) is 11.3 Å². The molecule has 1 fully saturated rings. The fraction of sp³-hybridized carbons (Fsp3) is 0.389. The summed E-state index contributed by atoms with van der Waals surface area (Å²) in [5.41, 5.74) is 0.998. The van der Waals surface area contributed by atoms with Crippen molar-refractivity contribution in [2.45, 2.75) is 25.7 Å². The van der Waals surface area contributed by atoms with Crippen molar-refractivity contribution in [3.63, 3.8) is 0 Å². The second-order valence-corrected chi connectivity index (χ2v) is 6.07. The van der Waals surface area contributed by atoms with E-state index in [1.165, 1.54) is 0 Å². The number of benzene rings is 1. The molecule has 22 heavy (non-hydrogen) atoms. The first-order chi connectivity index (χ1) is 10.7. The highest BCUT2D eigenvalue weighted by atomic mass is 16.3. The van der Waals surface area contributed by atoms with Crippen LogP contribution in [0.3, 0.4) is 0 Å². The topological polar surface area (TPSA) is 62.5 Å². The molecule has 0 saturated heterocycles. The Morgan fingerprint density at radius 2 is 1.95 bits per heavy atom. The number of carbonyl (C=O) groups is 1. The highest BCUT2D eigenvalue weighted by molar-refractivity contribution is 5.76. The van der Waals surface area contributed by atoms with E-state index < -0.39 is 0 Å². The van der Waals surface area contributed by atoms with E-state index >= 15 is 0 Å². The van der Waals surface area contributed by atoms with Crippen molar-refractivity contribution in [2.24, 2.45) is 5.41 Å². The van der Waals surface area contributed by atoms with Crippen LogP contribution in [-0.2, 0) is 11.2 Å². The molecule has 2 aromatic rings. The largest absolute Gasteiger partial charge is 0.461 e. The average molecular weight is 299 g/mol. The lowest BCUT2D eigenvalue weighted by Crippen LogP contribution is -2.31. The highest BCUT2D eigenvalue weighted by Gasteiger charge is 2.41. The summed E-state index contributed by atoms with van der Waals surface area (Å²) >= 11 is 0. The lowest BCUT2D eigenvalue weighted by atomic mass is 10.1. The van der Waals surface area contributed by atoms with Crippen LogP contribution in [0.1, 0.15) is 25.0 Å². The first-order valence-corrected chi connectivity index (χ1v) is 7.72. The zero-order chi connectivity index (χ0) is 15.4. The van der Waals surface area contributed by atoms with Crippen LogP contribution in [0.4, 0.5) is 0 Å². The van der Waals surface area contributed by atoms with Crippen molar-refractivity contribution in [3.05, 3.63) is 48.2 Å². The van der Waals surface area contributed by atoms with Crippen LogP contribution in [0.2, 0.25) is 0 Å². The van der Waals surface area contributed by atoms with Crippen molar-refractivity contribution in [2.75, 3.05) is 13.2 Å². The van der Waals surface area contributed by atoms with E-state index in [0.29, 0.717) is 19.4 Å². The molecule has 1 aliphatic rings. The molecule has 1 heterocycles. The van der Waals surface area contributed by atoms with Gasteiger partial charge in [0.05, 0.1) is 6.61 Å². The van der Waals surface area contributed by atoms with Gasteiger partial charge in [-0.1, -0.05) is 30.3 Å². The molecule has 4 heteroatoms. The minimum absolute atomic E-state index is 0.0115. The first-order valence-electron chi connectivity index (χ1n) is 7.72. The van der Waals surface area contributed by atoms with Crippen LogP contribution in [-0.4, -0.2) is 24.2 Å². The third kappa shape index (κ3) is 3.57. The molecule has 0 spiro atoms. The van der Waals surface area contributed by atoms with Crippen LogP contribution < -0.4 is 5.32 Å². The Morgan fingerprint density at radius 1 is 1.18 bits per heavy atom. The molecule has 1 aliphatic carbocycles. The van der Waals surface area contributed by atoms with Gasteiger partial charge in [-0.25, -0.2) is 0 Å². The molecule has 1 aromatic heterocycles. The first kappa shape index (κ1) is 14.9. The van der Waals surface area contributed by atoms with E-state index in [1.807, 2.05) is 42.5 Å². The molecule has 2 N–H and O–H groups in total. The molecule has 1 amide bonds. The van der Waals surface area contributed by atoms with Gasteiger partial charge in [-0.2, -0.15) is 0 Å². The van der Waals surface area contributed by atoms with E-state index in [9.17, 15) is 9.90 Å². The summed E-state index contributed by atoms with van der Waals surface area (Å²) < 4.78 is 5.78. The van der Waals surface area contributed by atoms with Gasteiger partial charge >= 0.3 is 0 Å². The summed E-state index contributed by atoms with van der Waals surface area (Å²) in [4.78, 5) is 11.8. The summed E-state index contributed by atoms with van der Waals surface area (Å²) in [6, 6.07) is 13.8. The second kappa shape index (κ2) is 6.36. The monoisotopic (exact) mass is 299 g/mol. The van der Waals surface area contributed by atoms with Crippen LogP contribution in [0, 0.1) is 5.41 Å². The Morgan fingerprint density at radius 3 is 2.64 bits per heavy atom. The van der Waals surface area contributed by atoms with Gasteiger partial charge in [0.2, 0.25) is 5.91 Å². The number of aryl methyl sites for hydroxylation is 1. The number of aliphatic hydroxyl groups is 1. The van der Waals surface area contributed by atoms with Crippen LogP contribution in [0.15, 0.2) is 46.9 Å². The van der Waals surface area contributed by atoms with Gasteiger partial charge in [-0.3, -0.25) is 4.79 Å². The lowest BCUT2D eigenvalue weighted by molar-refractivity contribution is -0.121. The molecular weight excluding hydrogens is 278 g/mol. The number of hydrogen-bond acceptors (Lipinski definition) is 3. The number of furan rings is 1. The molecule has 0 unspecified atom stereocenters. The third-order valence-electron chi connectivity index (χ3n) is 4.27. The smallest absolute Gasteiger partial charge is 0.220 e. The van der Waals surface area contributed by atoms with Crippen LogP contribution in [0.5, 0.6) is 0 Å². The minimum Gasteiger partial charge on any atom is -0.461 e. The Hall–Kier alpha value is -2.07. The Labute approximate surface area is 130 Å². The maximum atomic E-state index is 11.8. The van der Waals surface area contributed by atoms with Crippen LogP contribution in [0.25, 0.3) is 11.3 Å². The highest BCUT2D eigenvalue weighted by Crippen LogP contribution is 2.44. The lowest BCUT2D eigenvalue weighted by Gasteiger charge is -2.12. The maximum Gasteiger partial charge on any atom is 0.220 e. The average Bonchev–Trinajstić information content (AvgIpc) is 3.20. The molecule has 1 aromatic carbocycles. The summed E-state index contributed by atoms with van der Waals surface area (Å²) in [5.74, 6) is 1.66. The van der Waals surface area contributed by atoms with Crippen LogP contribution >= 0.6 is 0 Å². The fourth-order valence-corrected chi connectivity index (χ4v) is 2.45. The maximum absolute atomic E-state index is 11.8. The van der Waals surface area contributed by atoms with E-state index in [4.69, 9.17) is 4.42 Å². The molecule has 116 valence electrons. The number of rotatable bonds is 7. The van der Waals surface area contributed by atoms with Crippen molar-refractivity contribution < 1.29 is 14.3 Å². The van der Waals surface area contributed by atoms with Gasteiger partial charge in [-0.05, 0) is 25.0 Å². The number of hydrogen-bond donors (Lipinski definition) is 2. The van der Waals surface area contributed by atoms with E-state index in [1.54, 1.807) is 0 Å². The fourth-order valence-electron chi connectivity index (χ4n) is 2.45. The second-order valence-electron chi connectivity index (χ2n) is 6.07. The van der Waals surface area contributed by atoms with Gasteiger partial charge in [-0.15, -0.1) is 0 Å². The minimum atomic E-state index is -0.0409. The quantitative estimate of drug-likeness (QED) is 0.826. The van der Waals surface area contributed by atoms with Crippen molar-refractivity contribution in [1.82, 2.24) is 5.32 Å². The van der Waals surface area contributed by atoms with E-state index in [2.05, 4.69) is 5.32 Å². The van der Waals surface area contributed by atoms with Gasteiger partial charge in [0.15, 0.2) is 0 Å². The van der Waals surface area contributed by atoms with Gasteiger partial charge in [0.1, 0.15) is 11.5 Å². The molecule has 0 bridgehead atoms. The predicted molar refractivity (Wildman–Crippen MR) is 84.2 cm³/mol. The predicted octanol–water partition coefficient (Wildman–Crippen LogP) is 2.77. The summed E-state index contributed by atoms with van der Waals surface area (Å²) in [5, 5.41) is 12.1. The number of aliphatic hydroxyl groups excluding tert-OH is 1. The molecule has 1 saturated carbocycles. The third-order valence-corrected chi connectivity index (χ3v) is 4.27. The van der Waals surface area contributed by atoms with Crippen molar-refractivity contribution in [1.29, 1.82) is 0 Å². The van der Waals surface area contributed by atoms with Crippen molar-refractivity contribution >= 4 is 5.91 Å². The number of nitrogens with one attached hydrogen (secondary N) is 1. The Bertz CT molecular complexity index is 629. The standard InChI is InChI=1S/C18H21NO3/c20-13-18(10-11-18)12-19-17(21)9-7-15-6-8-16(22-15)14-4-2-1-3-5-14/h1-6,8,20H,7,9-13H2,(H,19,21). The zero-order valence-electron chi connectivity index (χ0n) is 12.5. The normalized spacial score (nSPS) is 15.5. The molecule has 4 nitrogen and oxygen atoms in total. The van der Waals surface area contributed by atoms with Gasteiger partial charge in [0, 0.05) is 30.4 Å². The number of carbonyl (C=O) groups excluding carboxylic acids is 1. The zero-order valence-corrected chi connectivity index (χ0v) is 12.5. The molecule has 0 aliphatic heterocycles. The molecule has 3 rings (SSSR count). The van der Waals surface area contributed by atoms with Gasteiger partial charge in [0.25, 0.3) is 0 Å². The summed E-state index contributed by atoms with van der Waals surface area (Å²) in [6.45, 7) is 0.738. The Balaban J connectivity index is 1.48. The molecule has 0 atom stereocenters. The van der Waals surface area contributed by atoms with Gasteiger partial charge < -0.3 is 14.8 Å². The molecule has 0 radical (unpaired) electrons. The number of amides is 1. The SMILES string of the molecule is O=C(CCc1ccc(-c2ccccc2)o1)NCC1(CO)CC1.